The summed E-state index contributed by atoms with van der Waals surface area (Å²) in [5, 5.41) is 6.37. The molecular formula is C17H21N. The van der Waals surface area contributed by atoms with Crippen LogP contribution >= 0.6 is 0 Å². The first-order chi connectivity index (χ1) is 8.93. The van der Waals surface area contributed by atoms with Gasteiger partial charge in [0, 0.05) is 0 Å². The summed E-state index contributed by atoms with van der Waals surface area (Å²) in [7, 11) is 0. The number of hydrogen-bond donors (Lipinski definition) is 1. The van der Waals surface area contributed by atoms with Crippen molar-refractivity contribution < 1.29 is 0 Å². The summed E-state index contributed by atoms with van der Waals surface area (Å²) in [5.74, 6) is 0.804. The Balaban J connectivity index is 1.85. The average molecular weight is 239 g/mol. The Morgan fingerprint density at radius 3 is 2.89 bits per heavy atom. The molecule has 2 aromatic carbocycles. The molecule has 0 saturated carbocycles. The zero-order chi connectivity index (χ0) is 12.2. The number of benzene rings is 2. The molecule has 94 valence electrons. The minimum absolute atomic E-state index is 0.804. The van der Waals surface area contributed by atoms with E-state index in [1.165, 1.54) is 55.1 Å². The predicted molar refractivity (Wildman–Crippen MR) is 77.9 cm³/mol. The molecule has 2 aromatic rings. The fourth-order valence-corrected chi connectivity index (χ4v) is 3.05. The topological polar surface area (TPSA) is 12.0 Å². The van der Waals surface area contributed by atoms with Gasteiger partial charge in [0.15, 0.2) is 0 Å². The molecule has 1 heterocycles. The van der Waals surface area contributed by atoms with Gasteiger partial charge in [-0.2, -0.15) is 0 Å². The van der Waals surface area contributed by atoms with Gasteiger partial charge in [0.05, 0.1) is 0 Å². The summed E-state index contributed by atoms with van der Waals surface area (Å²) in [6.07, 6.45) is 5.30. The summed E-state index contributed by atoms with van der Waals surface area (Å²) in [6.45, 7) is 2.38. The highest BCUT2D eigenvalue weighted by atomic mass is 14.9. The van der Waals surface area contributed by atoms with Gasteiger partial charge in [-0.05, 0) is 54.6 Å². The van der Waals surface area contributed by atoms with Crippen molar-refractivity contribution in [3.63, 3.8) is 0 Å². The van der Waals surface area contributed by atoms with Crippen LogP contribution in [0.4, 0.5) is 0 Å². The van der Waals surface area contributed by atoms with E-state index >= 15 is 0 Å². The first-order valence-electron chi connectivity index (χ1n) is 7.11. The maximum absolute atomic E-state index is 3.57. The smallest absolute Gasteiger partial charge is 0.00173 e. The van der Waals surface area contributed by atoms with Crippen LogP contribution in [0.1, 0.15) is 24.8 Å². The van der Waals surface area contributed by atoms with Crippen LogP contribution in [0.2, 0.25) is 0 Å². The van der Waals surface area contributed by atoms with Crippen molar-refractivity contribution in [2.75, 3.05) is 13.1 Å². The molecule has 0 amide bonds. The van der Waals surface area contributed by atoms with Gasteiger partial charge in [0.2, 0.25) is 0 Å². The molecule has 0 spiro atoms. The lowest BCUT2D eigenvalue weighted by Crippen LogP contribution is -2.22. The largest absolute Gasteiger partial charge is 0.316 e. The van der Waals surface area contributed by atoms with Crippen LogP contribution in [0, 0.1) is 5.92 Å². The van der Waals surface area contributed by atoms with Crippen molar-refractivity contribution in [2.45, 2.75) is 25.7 Å². The van der Waals surface area contributed by atoms with Crippen LogP contribution in [0.5, 0.6) is 0 Å². The Labute approximate surface area is 109 Å². The van der Waals surface area contributed by atoms with E-state index in [0.29, 0.717) is 0 Å². The highest BCUT2D eigenvalue weighted by Gasteiger charge is 2.13. The zero-order valence-electron chi connectivity index (χ0n) is 10.9. The van der Waals surface area contributed by atoms with Crippen LogP contribution in [-0.4, -0.2) is 13.1 Å². The highest BCUT2D eigenvalue weighted by molar-refractivity contribution is 5.85. The molecule has 3 rings (SSSR count). The predicted octanol–water partition coefficient (Wildman–Crippen LogP) is 3.77. The highest BCUT2D eigenvalue weighted by Crippen LogP contribution is 2.23. The van der Waals surface area contributed by atoms with E-state index in [1.807, 2.05) is 0 Å². The van der Waals surface area contributed by atoms with Crippen molar-refractivity contribution in [1.82, 2.24) is 5.32 Å². The van der Waals surface area contributed by atoms with Gasteiger partial charge in [-0.25, -0.2) is 0 Å². The number of nitrogens with one attached hydrogen (secondary N) is 1. The van der Waals surface area contributed by atoms with Gasteiger partial charge >= 0.3 is 0 Å². The fraction of sp³-hybridized carbons (Fsp3) is 0.412. The van der Waals surface area contributed by atoms with Crippen LogP contribution in [-0.2, 0) is 6.42 Å². The van der Waals surface area contributed by atoms with E-state index in [-0.39, 0.29) is 0 Å². The molecule has 1 saturated heterocycles. The minimum Gasteiger partial charge on any atom is -0.316 e. The van der Waals surface area contributed by atoms with Crippen LogP contribution in [0.3, 0.4) is 0 Å². The van der Waals surface area contributed by atoms with E-state index in [9.17, 15) is 0 Å². The minimum atomic E-state index is 0.804. The molecule has 0 aliphatic carbocycles. The molecule has 1 fully saturated rings. The lowest BCUT2D eigenvalue weighted by molar-refractivity contribution is 0.479. The van der Waals surface area contributed by atoms with Crippen molar-refractivity contribution in [3.8, 4) is 0 Å². The van der Waals surface area contributed by atoms with Gasteiger partial charge in [0.25, 0.3) is 0 Å². The van der Waals surface area contributed by atoms with Gasteiger partial charge in [0.1, 0.15) is 0 Å². The van der Waals surface area contributed by atoms with Gasteiger partial charge < -0.3 is 5.32 Å². The van der Waals surface area contributed by atoms with Crippen LogP contribution in [0.25, 0.3) is 10.8 Å². The van der Waals surface area contributed by atoms with Gasteiger partial charge in [-0.15, -0.1) is 0 Å². The lowest BCUT2D eigenvalue weighted by Gasteiger charge is -2.15. The summed E-state index contributed by atoms with van der Waals surface area (Å²) >= 11 is 0. The van der Waals surface area contributed by atoms with Crippen molar-refractivity contribution in [3.05, 3.63) is 48.0 Å². The molecule has 1 atom stereocenters. The Hall–Kier alpha value is -1.34. The second-order valence-corrected chi connectivity index (χ2v) is 5.41. The normalized spacial score (nSPS) is 20.8. The fourth-order valence-electron chi connectivity index (χ4n) is 3.05. The summed E-state index contributed by atoms with van der Waals surface area (Å²) < 4.78 is 0. The van der Waals surface area contributed by atoms with Crippen molar-refractivity contribution >= 4 is 10.8 Å². The third-order valence-corrected chi connectivity index (χ3v) is 4.04. The Kier molecular flexibility index (Phi) is 3.61. The first kappa shape index (κ1) is 11.7. The average Bonchev–Trinajstić information content (AvgIpc) is 2.68. The second kappa shape index (κ2) is 5.53. The molecule has 0 radical (unpaired) electrons. The summed E-state index contributed by atoms with van der Waals surface area (Å²) in [6, 6.07) is 15.5. The van der Waals surface area contributed by atoms with E-state index in [4.69, 9.17) is 0 Å². The standard InChI is InChI=1S/C17H21N/c1-2-10-17-15(7-1)8-5-9-16(17)12-14-6-3-4-11-18-13-14/h1-2,5,7-10,14,18H,3-4,6,11-13H2. The van der Waals surface area contributed by atoms with Crippen LogP contribution in [0.15, 0.2) is 42.5 Å². The summed E-state index contributed by atoms with van der Waals surface area (Å²) in [4.78, 5) is 0. The Bertz CT molecular complexity index is 505. The van der Waals surface area contributed by atoms with E-state index in [0.717, 1.165) is 5.92 Å². The molecular weight excluding hydrogens is 218 g/mol. The molecule has 18 heavy (non-hydrogen) atoms. The number of fused-ring (bicyclic) bond motifs is 1. The quantitative estimate of drug-likeness (QED) is 0.841. The number of rotatable bonds is 2. The van der Waals surface area contributed by atoms with E-state index in [1.54, 1.807) is 0 Å². The van der Waals surface area contributed by atoms with Gasteiger partial charge in [-0.3, -0.25) is 0 Å². The molecule has 1 aliphatic heterocycles. The first-order valence-corrected chi connectivity index (χ1v) is 7.11. The molecule has 1 heteroatoms. The third-order valence-electron chi connectivity index (χ3n) is 4.04. The lowest BCUT2D eigenvalue weighted by atomic mass is 9.92. The molecule has 0 bridgehead atoms. The van der Waals surface area contributed by atoms with Crippen molar-refractivity contribution in [1.29, 1.82) is 0 Å². The Morgan fingerprint density at radius 2 is 1.89 bits per heavy atom. The molecule has 1 N–H and O–H groups in total. The maximum atomic E-state index is 3.57. The van der Waals surface area contributed by atoms with Crippen LogP contribution < -0.4 is 5.32 Å². The Morgan fingerprint density at radius 1 is 1.00 bits per heavy atom. The van der Waals surface area contributed by atoms with E-state index in [2.05, 4.69) is 47.8 Å². The molecule has 1 unspecified atom stereocenters. The monoisotopic (exact) mass is 239 g/mol. The van der Waals surface area contributed by atoms with E-state index < -0.39 is 0 Å². The number of hydrogen-bond acceptors (Lipinski definition) is 1. The third kappa shape index (κ3) is 2.56. The zero-order valence-corrected chi connectivity index (χ0v) is 10.9. The SMILES string of the molecule is c1ccc2c(CC3CCCCNC3)cccc2c1. The van der Waals surface area contributed by atoms with Gasteiger partial charge in [-0.1, -0.05) is 48.9 Å². The maximum Gasteiger partial charge on any atom is -0.00173 e. The second-order valence-electron chi connectivity index (χ2n) is 5.41. The molecule has 1 aliphatic rings. The van der Waals surface area contributed by atoms with Crippen molar-refractivity contribution in [2.24, 2.45) is 5.92 Å². The summed E-state index contributed by atoms with van der Waals surface area (Å²) in [5.41, 5.74) is 1.52. The molecule has 0 aromatic heterocycles. The molecule has 1 nitrogen and oxygen atoms in total.